The van der Waals surface area contributed by atoms with Crippen molar-refractivity contribution in [2.45, 2.75) is 80.8 Å². The highest BCUT2D eigenvalue weighted by Crippen LogP contribution is 2.59. The van der Waals surface area contributed by atoms with Gasteiger partial charge in [-0.1, -0.05) is 11.6 Å². The summed E-state index contributed by atoms with van der Waals surface area (Å²) >= 11 is 6.02. The molecule has 0 spiro atoms. The van der Waals surface area contributed by atoms with Crippen LogP contribution in [0.25, 0.3) is 0 Å². The number of carbonyl (C=O) groups is 1. The molecule has 1 N–H and O–H groups in total. The molecule has 1 saturated carbocycles. The molecule has 0 bridgehead atoms. The van der Waals surface area contributed by atoms with Crippen LogP contribution in [0, 0.1) is 17.0 Å². The van der Waals surface area contributed by atoms with Gasteiger partial charge in [0.2, 0.25) is 15.9 Å². The normalized spacial score (nSPS) is 25.5. The Hall–Kier alpha value is -2.07. The van der Waals surface area contributed by atoms with Crippen LogP contribution in [-0.4, -0.2) is 53.9 Å². The number of benzene rings is 2. The molecular formula is C28H33ClF2N2O4S. The van der Waals surface area contributed by atoms with Crippen molar-refractivity contribution in [1.82, 2.24) is 9.21 Å². The second-order valence-corrected chi connectivity index (χ2v) is 13.2. The molecule has 3 fully saturated rings. The molecular weight excluding hydrogens is 534 g/mol. The zero-order chi connectivity index (χ0) is 27.1. The Bertz CT molecular complexity index is 1270. The van der Waals surface area contributed by atoms with E-state index in [-0.39, 0.29) is 35.4 Å². The van der Waals surface area contributed by atoms with Crippen LogP contribution in [0.15, 0.2) is 47.4 Å². The smallest absolute Gasteiger partial charge is 0.243 e. The summed E-state index contributed by atoms with van der Waals surface area (Å²) in [5.41, 5.74) is -0.262. The summed E-state index contributed by atoms with van der Waals surface area (Å²) in [6, 6.07) is 7.85. The Morgan fingerprint density at radius 2 is 1.71 bits per heavy atom. The molecule has 1 aliphatic carbocycles. The van der Waals surface area contributed by atoms with Crippen LogP contribution in [0.3, 0.4) is 0 Å². The van der Waals surface area contributed by atoms with Crippen LogP contribution in [0.4, 0.5) is 8.78 Å². The van der Waals surface area contributed by atoms with E-state index in [0.717, 1.165) is 18.9 Å². The van der Waals surface area contributed by atoms with E-state index in [1.807, 2.05) is 4.90 Å². The maximum absolute atomic E-state index is 14.3. The quantitative estimate of drug-likeness (QED) is 0.461. The summed E-state index contributed by atoms with van der Waals surface area (Å²) in [5.74, 6) is -1.53. The van der Waals surface area contributed by atoms with Gasteiger partial charge in [-0.25, -0.2) is 17.2 Å². The van der Waals surface area contributed by atoms with E-state index in [0.29, 0.717) is 50.1 Å². The fraction of sp³-hybridized carbons (Fsp3) is 0.536. The number of hydrogen-bond acceptors (Lipinski definition) is 4. The number of carbonyl (C=O) groups excluding carboxylic acids is 1. The SMILES string of the molecule is O=C(CC1(C2CCCC(c3cc(F)cc(F)c3)N2S(=O)(=O)c2ccc(Cl)cc2)CC1)N1CCC[C@H]1CCO. The van der Waals surface area contributed by atoms with Crippen molar-refractivity contribution in [1.29, 1.82) is 0 Å². The fourth-order valence-electron chi connectivity index (χ4n) is 6.50. The van der Waals surface area contributed by atoms with Gasteiger partial charge in [0.05, 0.1) is 10.9 Å². The second kappa shape index (κ2) is 10.8. The molecule has 0 radical (unpaired) electrons. The minimum Gasteiger partial charge on any atom is -0.396 e. The Morgan fingerprint density at radius 3 is 2.34 bits per heavy atom. The lowest BCUT2D eigenvalue weighted by atomic mass is 9.82. The average Bonchev–Trinajstić information content (AvgIpc) is 3.50. The van der Waals surface area contributed by atoms with Crippen LogP contribution >= 0.6 is 11.6 Å². The first-order chi connectivity index (χ1) is 18.1. The molecule has 3 aliphatic rings. The molecule has 6 nitrogen and oxygen atoms in total. The number of nitrogens with zero attached hydrogens (tertiary/aromatic N) is 2. The first-order valence-corrected chi connectivity index (χ1v) is 15.1. The first kappa shape index (κ1) is 27.5. The number of halogens is 3. The second-order valence-electron chi connectivity index (χ2n) is 10.9. The third kappa shape index (κ3) is 5.35. The van der Waals surface area contributed by atoms with E-state index in [9.17, 15) is 27.1 Å². The zero-order valence-electron chi connectivity index (χ0n) is 21.2. The number of hydrogen-bond donors (Lipinski definition) is 1. The van der Waals surface area contributed by atoms with Crippen molar-refractivity contribution < 1.29 is 27.1 Å². The molecule has 5 rings (SSSR count). The molecule has 2 aromatic carbocycles. The summed E-state index contributed by atoms with van der Waals surface area (Å²) in [4.78, 5) is 15.4. The van der Waals surface area contributed by atoms with Crippen molar-refractivity contribution >= 4 is 27.5 Å². The van der Waals surface area contributed by atoms with E-state index >= 15 is 0 Å². The summed E-state index contributed by atoms with van der Waals surface area (Å²) in [6.07, 6.45) is 5.56. The maximum atomic E-state index is 14.3. The van der Waals surface area contributed by atoms with Gasteiger partial charge in [-0.05, 0) is 98.7 Å². The van der Waals surface area contributed by atoms with Gasteiger partial charge in [0.15, 0.2) is 0 Å². The van der Waals surface area contributed by atoms with Crippen LogP contribution in [0.2, 0.25) is 5.02 Å². The van der Waals surface area contributed by atoms with Gasteiger partial charge in [0.1, 0.15) is 11.6 Å². The third-order valence-corrected chi connectivity index (χ3v) is 10.7. The molecule has 2 aliphatic heterocycles. The molecule has 206 valence electrons. The van der Waals surface area contributed by atoms with Crippen LogP contribution < -0.4 is 0 Å². The van der Waals surface area contributed by atoms with E-state index in [2.05, 4.69) is 0 Å². The largest absolute Gasteiger partial charge is 0.396 e. The van der Waals surface area contributed by atoms with E-state index in [4.69, 9.17) is 11.6 Å². The van der Waals surface area contributed by atoms with Gasteiger partial charge in [0, 0.05) is 42.7 Å². The predicted molar refractivity (Wildman–Crippen MR) is 140 cm³/mol. The Labute approximate surface area is 227 Å². The minimum absolute atomic E-state index is 0.00609. The summed E-state index contributed by atoms with van der Waals surface area (Å²) in [6.45, 7) is 0.656. The van der Waals surface area contributed by atoms with Crippen molar-refractivity contribution in [3.8, 4) is 0 Å². The lowest BCUT2D eigenvalue weighted by Gasteiger charge is -2.45. The number of sulfonamides is 1. The molecule has 38 heavy (non-hydrogen) atoms. The lowest BCUT2D eigenvalue weighted by Crippen LogP contribution is -2.51. The molecule has 2 saturated heterocycles. The number of rotatable bonds is 8. The van der Waals surface area contributed by atoms with Crippen LogP contribution in [-0.2, 0) is 14.8 Å². The Kier molecular flexibility index (Phi) is 7.84. The van der Waals surface area contributed by atoms with Gasteiger partial charge in [-0.3, -0.25) is 4.79 Å². The van der Waals surface area contributed by atoms with Crippen molar-refractivity contribution in [2.24, 2.45) is 5.41 Å². The topological polar surface area (TPSA) is 77.9 Å². The van der Waals surface area contributed by atoms with Gasteiger partial charge >= 0.3 is 0 Å². The first-order valence-electron chi connectivity index (χ1n) is 13.3. The Balaban J connectivity index is 1.52. The highest BCUT2D eigenvalue weighted by Gasteiger charge is 2.57. The summed E-state index contributed by atoms with van der Waals surface area (Å²) < 4.78 is 58.4. The van der Waals surface area contributed by atoms with Crippen molar-refractivity contribution in [3.63, 3.8) is 0 Å². The average molecular weight is 567 g/mol. The Morgan fingerprint density at radius 1 is 1.03 bits per heavy atom. The third-order valence-electron chi connectivity index (χ3n) is 8.49. The zero-order valence-corrected chi connectivity index (χ0v) is 22.7. The monoisotopic (exact) mass is 566 g/mol. The molecule has 3 atom stereocenters. The standard InChI is InChI=1S/C28H33ClF2N2O4S/c29-20-6-8-24(9-7-20)38(36,37)33-25(19-15-21(30)17-22(31)16-19)4-1-5-26(33)28(11-12-28)18-27(35)32-13-2-3-23(32)10-14-34/h6-9,15-17,23,25-26,34H,1-5,10-14,18H2/t23-,25?,26?/m0/s1. The van der Waals surface area contributed by atoms with Crippen LogP contribution in [0.5, 0.6) is 0 Å². The van der Waals surface area contributed by atoms with E-state index in [1.54, 1.807) is 0 Å². The molecule has 2 heterocycles. The number of likely N-dealkylation sites (tertiary alicyclic amines) is 1. The predicted octanol–water partition coefficient (Wildman–Crippen LogP) is 5.45. The molecule has 2 unspecified atom stereocenters. The molecule has 10 heteroatoms. The number of amides is 1. The number of piperidine rings is 1. The summed E-state index contributed by atoms with van der Waals surface area (Å²) in [5, 5.41) is 9.83. The molecule has 2 aromatic rings. The number of aliphatic hydroxyl groups is 1. The van der Waals surface area contributed by atoms with Crippen LogP contribution in [0.1, 0.15) is 69.4 Å². The van der Waals surface area contributed by atoms with Gasteiger partial charge in [-0.15, -0.1) is 0 Å². The highest BCUT2D eigenvalue weighted by atomic mass is 35.5. The van der Waals surface area contributed by atoms with Crippen molar-refractivity contribution in [3.05, 3.63) is 64.7 Å². The number of aliphatic hydroxyl groups excluding tert-OH is 1. The fourth-order valence-corrected chi connectivity index (χ4v) is 8.58. The lowest BCUT2D eigenvalue weighted by molar-refractivity contribution is -0.134. The molecule has 0 aromatic heterocycles. The van der Waals surface area contributed by atoms with Gasteiger partial charge < -0.3 is 10.0 Å². The summed E-state index contributed by atoms with van der Waals surface area (Å²) in [7, 11) is -4.10. The van der Waals surface area contributed by atoms with Gasteiger partial charge in [-0.2, -0.15) is 4.31 Å². The van der Waals surface area contributed by atoms with Crippen molar-refractivity contribution in [2.75, 3.05) is 13.2 Å². The molecule has 1 amide bonds. The maximum Gasteiger partial charge on any atom is 0.243 e. The van der Waals surface area contributed by atoms with E-state index in [1.165, 1.54) is 40.7 Å². The van der Waals surface area contributed by atoms with Gasteiger partial charge in [0.25, 0.3) is 0 Å². The highest BCUT2D eigenvalue weighted by molar-refractivity contribution is 7.89. The van der Waals surface area contributed by atoms with E-state index < -0.39 is 39.2 Å². The minimum atomic E-state index is -4.10.